The monoisotopic (exact) mass is 432 g/mol. The summed E-state index contributed by atoms with van der Waals surface area (Å²) in [6, 6.07) is 29.7. The van der Waals surface area contributed by atoms with Crippen molar-refractivity contribution in [2.24, 2.45) is 0 Å². The maximum Gasteiger partial charge on any atom is 0.137 e. The van der Waals surface area contributed by atoms with Crippen LogP contribution in [0.1, 0.15) is 0 Å². The van der Waals surface area contributed by atoms with Crippen LogP contribution in [0.3, 0.4) is 0 Å². The number of pyridine rings is 1. The topological polar surface area (TPSA) is 39.6 Å². The Morgan fingerprint density at radius 2 is 1.61 bits per heavy atom. The number of hydrogen-bond donors (Lipinski definition) is 1. The van der Waals surface area contributed by atoms with Crippen LogP contribution in [0.4, 0.5) is 17.1 Å². The molecule has 162 valence electrons. The molecule has 0 unspecified atom stereocenters. The summed E-state index contributed by atoms with van der Waals surface area (Å²) in [4.78, 5) is 6.86. The van der Waals surface area contributed by atoms with Crippen molar-refractivity contribution < 1.29 is 0 Å². The Morgan fingerprint density at radius 3 is 2.42 bits per heavy atom. The molecule has 0 saturated heterocycles. The first-order valence-electron chi connectivity index (χ1n) is 10.9. The van der Waals surface area contributed by atoms with Crippen molar-refractivity contribution in [1.82, 2.24) is 20.1 Å². The Labute approximate surface area is 192 Å². The van der Waals surface area contributed by atoms with Crippen molar-refractivity contribution in [3.8, 4) is 5.82 Å². The highest BCUT2D eigenvalue weighted by Gasteiger charge is 2.17. The number of para-hydroxylation sites is 1. The highest BCUT2D eigenvalue weighted by molar-refractivity contribution is 6.10. The van der Waals surface area contributed by atoms with E-state index in [1.807, 2.05) is 42.9 Å². The lowest BCUT2D eigenvalue weighted by molar-refractivity contribution is 0.302. The molecule has 0 radical (unpaired) electrons. The van der Waals surface area contributed by atoms with Gasteiger partial charge in [-0.25, -0.2) is 4.98 Å². The first kappa shape index (κ1) is 19.4. The van der Waals surface area contributed by atoms with Crippen molar-refractivity contribution >= 4 is 38.9 Å². The smallest absolute Gasteiger partial charge is 0.137 e. The molecule has 2 aromatic heterocycles. The zero-order valence-corrected chi connectivity index (χ0v) is 18.6. The van der Waals surface area contributed by atoms with Gasteiger partial charge in [0.15, 0.2) is 0 Å². The van der Waals surface area contributed by atoms with Crippen LogP contribution in [0.2, 0.25) is 0 Å². The van der Waals surface area contributed by atoms with E-state index in [2.05, 4.69) is 105 Å². The molecule has 0 amide bonds. The third-order valence-corrected chi connectivity index (χ3v) is 6.20. The van der Waals surface area contributed by atoms with Crippen molar-refractivity contribution in [1.29, 1.82) is 0 Å². The minimum Gasteiger partial charge on any atom is -0.344 e. The van der Waals surface area contributed by atoms with Crippen LogP contribution in [0.5, 0.6) is 0 Å². The molecule has 5 aromatic rings. The second kappa shape index (κ2) is 7.69. The predicted octanol–water partition coefficient (Wildman–Crippen LogP) is 5.59. The van der Waals surface area contributed by atoms with Gasteiger partial charge in [-0.15, -0.1) is 5.12 Å². The normalized spacial score (nSPS) is 13.7. The summed E-state index contributed by atoms with van der Waals surface area (Å²) in [5.41, 5.74) is 8.77. The van der Waals surface area contributed by atoms with Crippen molar-refractivity contribution in [2.75, 3.05) is 24.0 Å². The van der Waals surface area contributed by atoms with Crippen LogP contribution in [-0.4, -0.2) is 28.8 Å². The third-order valence-electron chi connectivity index (χ3n) is 6.20. The summed E-state index contributed by atoms with van der Waals surface area (Å²) < 4.78 is 2.24. The number of nitrogens with one attached hydrogen (secondary N) is 1. The number of hydrogen-bond acceptors (Lipinski definition) is 5. The van der Waals surface area contributed by atoms with Crippen LogP contribution in [0.15, 0.2) is 104 Å². The molecule has 0 atom stereocenters. The lowest BCUT2D eigenvalue weighted by Gasteiger charge is -2.26. The van der Waals surface area contributed by atoms with E-state index >= 15 is 0 Å². The molecule has 3 aromatic carbocycles. The molecule has 0 bridgehead atoms. The van der Waals surface area contributed by atoms with Crippen LogP contribution in [0, 0.1) is 0 Å². The molecule has 0 spiro atoms. The Hall–Kier alpha value is -4.29. The maximum atomic E-state index is 4.64. The zero-order chi connectivity index (χ0) is 22.4. The van der Waals surface area contributed by atoms with Gasteiger partial charge in [0.2, 0.25) is 0 Å². The largest absolute Gasteiger partial charge is 0.344 e. The molecule has 1 N–H and O–H groups in total. The van der Waals surface area contributed by atoms with Gasteiger partial charge >= 0.3 is 0 Å². The highest BCUT2D eigenvalue weighted by atomic mass is 15.8. The summed E-state index contributed by atoms with van der Waals surface area (Å²) >= 11 is 0. The standard InChI is InChI=1S/C27H24N6/c1-30(20-8-7-9-22(18-20)32-17-16-29-31(32)2)21-13-14-24-23-10-3-4-11-25(23)33(26(24)19-21)27-12-5-6-15-28-27/h3-19,29H,1-2H3. The first-order valence-corrected chi connectivity index (χ1v) is 10.9. The SMILES string of the molecule is CN(c1cccc(N2C=CNN2C)c1)c1ccc2c3ccccc3n(-c3ccccn3)c2c1. The Balaban J connectivity index is 1.48. The van der Waals surface area contributed by atoms with Crippen LogP contribution in [-0.2, 0) is 0 Å². The highest BCUT2D eigenvalue weighted by Crippen LogP contribution is 2.35. The van der Waals surface area contributed by atoms with E-state index in [0.717, 1.165) is 33.9 Å². The third kappa shape index (κ3) is 3.20. The number of aromatic nitrogens is 2. The molecule has 0 fully saturated rings. The molecular weight excluding hydrogens is 408 g/mol. The van der Waals surface area contributed by atoms with Crippen LogP contribution in [0.25, 0.3) is 27.6 Å². The van der Waals surface area contributed by atoms with Crippen molar-refractivity contribution in [3.63, 3.8) is 0 Å². The quantitative estimate of drug-likeness (QED) is 0.401. The molecule has 1 aliphatic rings. The average molecular weight is 433 g/mol. The minimum atomic E-state index is 0.918. The summed E-state index contributed by atoms with van der Waals surface area (Å²) in [6.45, 7) is 0. The molecule has 33 heavy (non-hydrogen) atoms. The number of fused-ring (bicyclic) bond motifs is 3. The second-order valence-electron chi connectivity index (χ2n) is 8.13. The van der Waals surface area contributed by atoms with Crippen molar-refractivity contribution in [2.45, 2.75) is 0 Å². The fraction of sp³-hybridized carbons (Fsp3) is 0.0741. The molecule has 1 aliphatic heterocycles. The number of anilines is 3. The van der Waals surface area contributed by atoms with E-state index < -0.39 is 0 Å². The van der Waals surface area contributed by atoms with Gasteiger partial charge in [0, 0.05) is 54.8 Å². The van der Waals surface area contributed by atoms with Gasteiger partial charge in [-0.1, -0.05) is 36.4 Å². The minimum absolute atomic E-state index is 0.918. The Morgan fingerprint density at radius 1 is 0.788 bits per heavy atom. The molecule has 6 heteroatoms. The average Bonchev–Trinajstić information content (AvgIpc) is 3.44. The van der Waals surface area contributed by atoms with Gasteiger partial charge in [-0.05, 0) is 48.5 Å². The van der Waals surface area contributed by atoms with Gasteiger partial charge < -0.3 is 10.3 Å². The molecule has 3 heterocycles. The van der Waals surface area contributed by atoms with Gasteiger partial charge in [0.05, 0.1) is 16.7 Å². The van der Waals surface area contributed by atoms with E-state index in [0.29, 0.717) is 0 Å². The lowest BCUT2D eigenvalue weighted by atomic mass is 10.1. The fourth-order valence-electron chi connectivity index (χ4n) is 4.53. The molecule has 6 nitrogen and oxygen atoms in total. The number of benzene rings is 3. The van der Waals surface area contributed by atoms with E-state index in [1.54, 1.807) is 0 Å². The number of rotatable bonds is 4. The zero-order valence-electron chi connectivity index (χ0n) is 18.6. The summed E-state index contributed by atoms with van der Waals surface area (Å²) in [7, 11) is 4.09. The number of hydrazine groups is 2. The first-order chi connectivity index (χ1) is 16.2. The van der Waals surface area contributed by atoms with E-state index in [-0.39, 0.29) is 0 Å². The van der Waals surface area contributed by atoms with E-state index in [9.17, 15) is 0 Å². The molecule has 6 rings (SSSR count). The molecule has 0 saturated carbocycles. The van der Waals surface area contributed by atoms with E-state index in [4.69, 9.17) is 0 Å². The van der Waals surface area contributed by atoms with Crippen molar-refractivity contribution in [3.05, 3.63) is 104 Å². The summed E-state index contributed by atoms with van der Waals surface area (Å²) in [5, 5.41) is 6.46. The van der Waals surface area contributed by atoms with Gasteiger partial charge in [-0.3, -0.25) is 9.58 Å². The summed E-state index contributed by atoms with van der Waals surface area (Å²) in [6.07, 6.45) is 5.77. The van der Waals surface area contributed by atoms with Gasteiger partial charge in [-0.2, -0.15) is 0 Å². The van der Waals surface area contributed by atoms with Crippen LogP contribution >= 0.6 is 0 Å². The second-order valence-corrected chi connectivity index (χ2v) is 8.13. The summed E-state index contributed by atoms with van der Waals surface area (Å²) in [5.74, 6) is 0.918. The Bertz CT molecular complexity index is 1490. The maximum absolute atomic E-state index is 4.64. The van der Waals surface area contributed by atoms with Crippen LogP contribution < -0.4 is 15.3 Å². The Kier molecular flexibility index (Phi) is 4.52. The lowest BCUT2D eigenvalue weighted by Crippen LogP contribution is -2.37. The molecular formula is C27H24N6. The molecule has 0 aliphatic carbocycles. The number of nitrogens with zero attached hydrogens (tertiary/aromatic N) is 5. The fourth-order valence-corrected chi connectivity index (χ4v) is 4.53. The van der Waals surface area contributed by atoms with Gasteiger partial charge in [0.25, 0.3) is 0 Å². The van der Waals surface area contributed by atoms with Gasteiger partial charge in [0.1, 0.15) is 5.82 Å². The predicted molar refractivity (Wildman–Crippen MR) is 136 cm³/mol. The van der Waals surface area contributed by atoms with E-state index in [1.165, 1.54) is 10.8 Å².